The Bertz CT molecular complexity index is 1000. The highest BCUT2D eigenvalue weighted by molar-refractivity contribution is 6.32. The van der Waals surface area contributed by atoms with E-state index < -0.39 is 17.9 Å². The van der Waals surface area contributed by atoms with E-state index in [0.717, 1.165) is 12.4 Å². The predicted molar refractivity (Wildman–Crippen MR) is 99.9 cm³/mol. The summed E-state index contributed by atoms with van der Waals surface area (Å²) >= 11 is 6.14. The van der Waals surface area contributed by atoms with Crippen LogP contribution in [0.3, 0.4) is 0 Å². The molecule has 1 aliphatic heterocycles. The average Bonchev–Trinajstić information content (AvgIpc) is 2.94. The molecule has 0 fully saturated rings. The fraction of sp³-hybridized carbons (Fsp3) is 0.158. The second-order valence-corrected chi connectivity index (χ2v) is 6.25. The van der Waals surface area contributed by atoms with Crippen LogP contribution in [-0.4, -0.2) is 17.5 Å². The number of hydrogen-bond acceptors (Lipinski definition) is 5. The summed E-state index contributed by atoms with van der Waals surface area (Å²) in [7, 11) is 0. The van der Waals surface area contributed by atoms with Gasteiger partial charge in [0.2, 0.25) is 0 Å². The van der Waals surface area contributed by atoms with Crippen LogP contribution >= 0.6 is 11.6 Å². The Balaban J connectivity index is 1.72. The summed E-state index contributed by atoms with van der Waals surface area (Å²) in [6.07, 6.45) is 0.939. The number of rotatable bonds is 6. The minimum absolute atomic E-state index is 0.120. The molecule has 152 valence electrons. The van der Waals surface area contributed by atoms with E-state index in [-0.39, 0.29) is 34.3 Å². The molecule has 0 unspecified atom stereocenters. The molecular weight excluding hydrogens is 414 g/mol. The van der Waals surface area contributed by atoms with Crippen molar-refractivity contribution in [3.05, 3.63) is 70.7 Å². The Morgan fingerprint density at radius 1 is 1.24 bits per heavy atom. The minimum atomic E-state index is -3.76. The molecule has 1 aliphatic rings. The molecule has 0 atom stereocenters. The van der Waals surface area contributed by atoms with Crippen LogP contribution in [0.4, 0.5) is 17.6 Å². The van der Waals surface area contributed by atoms with E-state index in [1.807, 2.05) is 0 Å². The van der Waals surface area contributed by atoms with Crippen LogP contribution < -0.4 is 14.8 Å². The molecule has 2 heterocycles. The Morgan fingerprint density at radius 2 is 1.86 bits per heavy atom. The van der Waals surface area contributed by atoms with E-state index in [9.17, 15) is 17.6 Å². The van der Waals surface area contributed by atoms with Gasteiger partial charge in [-0.3, -0.25) is 9.98 Å². The van der Waals surface area contributed by atoms with Crippen LogP contribution in [0.15, 0.2) is 47.9 Å². The Morgan fingerprint density at radius 3 is 2.48 bits per heavy atom. The maximum atomic E-state index is 13.6. The zero-order chi connectivity index (χ0) is 21.2. The fourth-order valence-corrected chi connectivity index (χ4v) is 2.72. The van der Waals surface area contributed by atoms with Crippen LogP contribution in [0.25, 0.3) is 5.70 Å². The first-order valence-corrected chi connectivity index (χ1v) is 8.58. The number of allylic oxidation sites excluding steroid dienone is 2. The molecule has 0 saturated carbocycles. The third-order valence-electron chi connectivity index (χ3n) is 3.84. The standard InChI is InChI=1S/C19H14ClF4N3O2/c1-3-16(11-4-17-18(5-13(11)20)29-19(23,24)28-17)27-6-10(2)26-7-12-14(21)8-25-9-15(12)22/h3-6,8-9,26H,2,7H2,1H3/b16-3-,27-6?. The summed E-state index contributed by atoms with van der Waals surface area (Å²) in [6, 6.07) is 2.48. The highest BCUT2D eigenvalue weighted by Gasteiger charge is 2.43. The van der Waals surface area contributed by atoms with Gasteiger partial charge in [-0.05, 0) is 13.0 Å². The molecule has 0 spiro atoms. The first kappa shape index (κ1) is 20.7. The van der Waals surface area contributed by atoms with Gasteiger partial charge in [0, 0.05) is 29.4 Å². The third-order valence-corrected chi connectivity index (χ3v) is 4.16. The number of nitrogens with zero attached hydrogens (tertiary/aromatic N) is 2. The number of ether oxygens (including phenoxy) is 2. The number of alkyl halides is 2. The lowest BCUT2D eigenvalue weighted by molar-refractivity contribution is -0.286. The highest BCUT2D eigenvalue weighted by Crippen LogP contribution is 2.45. The number of aliphatic imine (C=N–C) groups is 1. The molecule has 1 aromatic carbocycles. The maximum absolute atomic E-state index is 13.6. The van der Waals surface area contributed by atoms with Crippen LogP contribution in [0.5, 0.6) is 11.5 Å². The zero-order valence-electron chi connectivity index (χ0n) is 15.0. The van der Waals surface area contributed by atoms with Crippen LogP contribution in [0.1, 0.15) is 18.1 Å². The van der Waals surface area contributed by atoms with Gasteiger partial charge in [0.05, 0.1) is 29.3 Å². The molecule has 1 N–H and O–H groups in total. The largest absolute Gasteiger partial charge is 0.586 e. The predicted octanol–water partition coefficient (Wildman–Crippen LogP) is 5.07. The summed E-state index contributed by atoms with van der Waals surface area (Å²) in [4.78, 5) is 7.60. The quantitative estimate of drug-likeness (QED) is 0.516. The first-order chi connectivity index (χ1) is 13.7. The summed E-state index contributed by atoms with van der Waals surface area (Å²) < 4.78 is 62.4. The number of hydrogen-bond donors (Lipinski definition) is 1. The van der Waals surface area contributed by atoms with E-state index in [2.05, 4.69) is 31.3 Å². The second kappa shape index (κ2) is 8.12. The third kappa shape index (κ3) is 4.68. The number of aromatic nitrogens is 1. The minimum Gasteiger partial charge on any atom is -0.395 e. The van der Waals surface area contributed by atoms with Crippen molar-refractivity contribution in [3.8, 4) is 11.5 Å². The van der Waals surface area contributed by atoms with Gasteiger partial charge in [-0.15, -0.1) is 8.78 Å². The molecule has 0 bridgehead atoms. The Labute approximate surface area is 168 Å². The van der Waals surface area contributed by atoms with E-state index >= 15 is 0 Å². The van der Waals surface area contributed by atoms with E-state index in [1.165, 1.54) is 18.3 Å². The van der Waals surface area contributed by atoms with Crippen LogP contribution in [-0.2, 0) is 6.54 Å². The van der Waals surface area contributed by atoms with Crippen molar-refractivity contribution in [1.29, 1.82) is 0 Å². The SMILES string of the molecule is C=C(C=N/C(=C\C)c1cc2c(cc1Cl)OC(F)(F)O2)NCc1c(F)cncc1F. The maximum Gasteiger partial charge on any atom is 0.586 e. The van der Waals surface area contributed by atoms with Crippen molar-refractivity contribution in [2.24, 2.45) is 4.99 Å². The monoisotopic (exact) mass is 427 g/mol. The molecule has 1 aromatic heterocycles. The second-order valence-electron chi connectivity index (χ2n) is 5.84. The number of fused-ring (bicyclic) bond motifs is 1. The molecule has 0 aliphatic carbocycles. The van der Waals surface area contributed by atoms with Crippen molar-refractivity contribution in [2.45, 2.75) is 19.8 Å². The number of halogens is 5. The van der Waals surface area contributed by atoms with Gasteiger partial charge >= 0.3 is 6.29 Å². The van der Waals surface area contributed by atoms with Gasteiger partial charge in [-0.25, -0.2) is 8.78 Å². The zero-order valence-corrected chi connectivity index (χ0v) is 15.7. The topological polar surface area (TPSA) is 55.7 Å². The number of benzene rings is 1. The highest BCUT2D eigenvalue weighted by atomic mass is 35.5. The Kier molecular flexibility index (Phi) is 5.78. The van der Waals surface area contributed by atoms with E-state index in [0.29, 0.717) is 11.3 Å². The van der Waals surface area contributed by atoms with Crippen LogP contribution in [0, 0.1) is 11.6 Å². The van der Waals surface area contributed by atoms with Crippen molar-refractivity contribution in [3.63, 3.8) is 0 Å². The van der Waals surface area contributed by atoms with Crippen molar-refractivity contribution in [2.75, 3.05) is 0 Å². The van der Waals surface area contributed by atoms with Crippen LogP contribution in [0.2, 0.25) is 5.02 Å². The van der Waals surface area contributed by atoms with E-state index in [1.54, 1.807) is 13.0 Å². The molecule has 3 rings (SSSR count). The fourth-order valence-electron chi connectivity index (χ4n) is 2.47. The summed E-state index contributed by atoms with van der Waals surface area (Å²) in [5.74, 6) is -1.94. The summed E-state index contributed by atoms with van der Waals surface area (Å²) in [5.41, 5.74) is 0.717. The molecule has 5 nitrogen and oxygen atoms in total. The first-order valence-electron chi connectivity index (χ1n) is 8.21. The lowest BCUT2D eigenvalue weighted by Gasteiger charge is -2.09. The van der Waals surface area contributed by atoms with Gasteiger partial charge in [0.1, 0.15) is 11.6 Å². The molecule has 29 heavy (non-hydrogen) atoms. The average molecular weight is 428 g/mol. The molecule has 2 aromatic rings. The lowest BCUT2D eigenvalue weighted by atomic mass is 10.1. The molecular formula is C19H14ClF4N3O2. The van der Waals surface area contributed by atoms with Gasteiger partial charge in [-0.2, -0.15) is 0 Å². The Hall–Kier alpha value is -3.07. The van der Waals surface area contributed by atoms with E-state index in [4.69, 9.17) is 11.6 Å². The van der Waals surface area contributed by atoms with Crippen molar-refractivity contribution >= 4 is 23.5 Å². The number of pyridine rings is 1. The van der Waals surface area contributed by atoms with Crippen molar-refractivity contribution in [1.82, 2.24) is 10.3 Å². The van der Waals surface area contributed by atoms with Gasteiger partial charge < -0.3 is 14.8 Å². The van der Waals surface area contributed by atoms with Gasteiger partial charge in [0.25, 0.3) is 0 Å². The smallest absolute Gasteiger partial charge is 0.395 e. The molecule has 0 saturated heterocycles. The summed E-state index contributed by atoms with van der Waals surface area (Å²) in [5, 5.41) is 2.84. The summed E-state index contributed by atoms with van der Waals surface area (Å²) in [6.45, 7) is 5.20. The molecule has 0 radical (unpaired) electrons. The molecule has 10 heteroatoms. The lowest BCUT2D eigenvalue weighted by Crippen LogP contribution is -2.25. The normalized spacial score (nSPS) is 15.0. The van der Waals surface area contributed by atoms with Gasteiger partial charge in [0.15, 0.2) is 11.5 Å². The number of nitrogens with one attached hydrogen (secondary N) is 1. The van der Waals surface area contributed by atoms with Gasteiger partial charge in [-0.1, -0.05) is 24.3 Å². The molecule has 0 amide bonds. The van der Waals surface area contributed by atoms with Crippen molar-refractivity contribution < 1.29 is 27.0 Å².